The number of carbonyl (C=O) groups excluding carboxylic acids is 2. The number of nitrogens with zero attached hydrogens (tertiary/aromatic N) is 2. The highest BCUT2D eigenvalue weighted by molar-refractivity contribution is 5.99. The molecule has 30 heavy (non-hydrogen) atoms. The minimum absolute atomic E-state index is 0.0291. The van der Waals surface area contributed by atoms with E-state index in [1.54, 1.807) is 12.1 Å². The Hall–Kier alpha value is -3.15. The number of aryl methyl sites for hydroxylation is 1. The van der Waals surface area contributed by atoms with Gasteiger partial charge in [-0.1, -0.05) is 55.8 Å². The number of hydrogen-bond acceptors (Lipinski definition) is 4. The highest BCUT2D eigenvalue weighted by Crippen LogP contribution is 2.30. The van der Waals surface area contributed by atoms with Crippen LogP contribution in [0.5, 0.6) is 0 Å². The highest BCUT2D eigenvalue weighted by Gasteiger charge is 2.38. The molecule has 2 aromatic carbocycles. The predicted molar refractivity (Wildman–Crippen MR) is 119 cm³/mol. The van der Waals surface area contributed by atoms with Crippen LogP contribution in [0.1, 0.15) is 54.2 Å². The second-order valence-electron chi connectivity index (χ2n) is 8.50. The van der Waals surface area contributed by atoms with Crippen molar-refractivity contribution in [1.29, 1.82) is 0 Å². The van der Waals surface area contributed by atoms with E-state index >= 15 is 0 Å². The van der Waals surface area contributed by atoms with E-state index in [4.69, 9.17) is 5.73 Å². The van der Waals surface area contributed by atoms with E-state index < -0.39 is 5.54 Å². The zero-order chi connectivity index (χ0) is 21.9. The number of nitrogens with two attached hydrogens (primary N) is 1. The van der Waals surface area contributed by atoms with Crippen LogP contribution >= 0.6 is 0 Å². The van der Waals surface area contributed by atoms with Crippen molar-refractivity contribution in [2.24, 2.45) is 16.6 Å². The molecule has 1 heterocycles. The molecule has 1 aliphatic rings. The van der Waals surface area contributed by atoms with Gasteiger partial charge in [0.05, 0.1) is 18.5 Å². The summed E-state index contributed by atoms with van der Waals surface area (Å²) in [4.78, 5) is 31.1. The van der Waals surface area contributed by atoms with Crippen molar-refractivity contribution in [3.05, 3.63) is 70.8 Å². The molecule has 0 radical (unpaired) electrons. The maximum atomic E-state index is 12.6. The number of rotatable bonds is 6. The molecule has 1 atom stereocenters. The molecule has 0 spiro atoms. The Morgan fingerprint density at radius 2 is 1.73 bits per heavy atom. The van der Waals surface area contributed by atoms with E-state index in [-0.39, 0.29) is 23.7 Å². The molecule has 0 saturated heterocycles. The first-order chi connectivity index (χ1) is 14.2. The van der Waals surface area contributed by atoms with Crippen LogP contribution in [-0.4, -0.2) is 28.2 Å². The Bertz CT molecular complexity index is 948. The molecule has 2 amide bonds. The third-order valence-electron chi connectivity index (χ3n) is 5.83. The molecule has 3 rings (SSSR count). The predicted octanol–water partition coefficient (Wildman–Crippen LogP) is 3.39. The Balaban J connectivity index is 1.62. The second kappa shape index (κ2) is 8.69. The molecule has 0 bridgehead atoms. The molecule has 1 aliphatic heterocycles. The van der Waals surface area contributed by atoms with Gasteiger partial charge < -0.3 is 11.1 Å². The lowest BCUT2D eigenvalue weighted by molar-refractivity contribution is -0.130. The summed E-state index contributed by atoms with van der Waals surface area (Å²) in [6.07, 6.45) is 0.338. The van der Waals surface area contributed by atoms with Crippen LogP contribution < -0.4 is 11.1 Å². The fourth-order valence-electron chi connectivity index (χ4n) is 3.33. The monoisotopic (exact) mass is 406 g/mol. The maximum absolute atomic E-state index is 12.6. The van der Waals surface area contributed by atoms with E-state index in [2.05, 4.69) is 10.3 Å². The summed E-state index contributed by atoms with van der Waals surface area (Å²) < 4.78 is 0. The number of aliphatic imine (C=N–C) groups is 1. The molecule has 2 aromatic rings. The highest BCUT2D eigenvalue weighted by atomic mass is 16.2. The lowest BCUT2D eigenvalue weighted by Gasteiger charge is -2.37. The molecule has 158 valence electrons. The fourth-order valence-corrected chi connectivity index (χ4v) is 3.33. The van der Waals surface area contributed by atoms with Crippen molar-refractivity contribution in [3.63, 3.8) is 0 Å². The van der Waals surface area contributed by atoms with E-state index in [1.807, 2.05) is 64.1 Å². The van der Waals surface area contributed by atoms with E-state index in [0.717, 1.165) is 11.1 Å². The number of nitrogens with one attached hydrogen (secondary N) is 1. The van der Waals surface area contributed by atoms with Crippen LogP contribution in [-0.2, 0) is 17.9 Å². The third kappa shape index (κ3) is 4.87. The van der Waals surface area contributed by atoms with Gasteiger partial charge in [0.2, 0.25) is 5.91 Å². The Morgan fingerprint density at radius 3 is 2.30 bits per heavy atom. The second-order valence-corrected chi connectivity index (χ2v) is 8.50. The van der Waals surface area contributed by atoms with Gasteiger partial charge in [0, 0.05) is 12.1 Å². The quantitative estimate of drug-likeness (QED) is 0.771. The van der Waals surface area contributed by atoms with Crippen LogP contribution in [0.3, 0.4) is 0 Å². The van der Waals surface area contributed by atoms with E-state index in [9.17, 15) is 9.59 Å². The fraction of sp³-hybridized carbons (Fsp3) is 0.375. The number of guanidine groups is 1. The largest absolute Gasteiger partial charge is 0.369 e. The van der Waals surface area contributed by atoms with Crippen molar-refractivity contribution in [3.8, 4) is 0 Å². The summed E-state index contributed by atoms with van der Waals surface area (Å²) in [5, 5.41) is 2.93. The molecular weight excluding hydrogens is 376 g/mol. The first kappa shape index (κ1) is 21.6. The van der Waals surface area contributed by atoms with Gasteiger partial charge in [0.1, 0.15) is 0 Å². The lowest BCUT2D eigenvalue weighted by Crippen LogP contribution is -2.51. The van der Waals surface area contributed by atoms with Gasteiger partial charge in [-0.3, -0.25) is 14.5 Å². The summed E-state index contributed by atoms with van der Waals surface area (Å²) in [6, 6.07) is 15.3. The molecule has 0 aliphatic carbocycles. The van der Waals surface area contributed by atoms with Crippen LogP contribution in [0, 0.1) is 12.8 Å². The van der Waals surface area contributed by atoms with E-state index in [1.165, 1.54) is 10.5 Å². The molecule has 6 nitrogen and oxygen atoms in total. The third-order valence-corrected chi connectivity index (χ3v) is 5.83. The van der Waals surface area contributed by atoms with Gasteiger partial charge in [-0.05, 0) is 43.0 Å². The average molecular weight is 407 g/mol. The number of hydrogen-bond donors (Lipinski definition) is 2. The molecule has 0 aromatic heterocycles. The molecule has 0 saturated carbocycles. The molecule has 0 fully saturated rings. The van der Waals surface area contributed by atoms with Crippen molar-refractivity contribution in [2.45, 2.75) is 52.7 Å². The van der Waals surface area contributed by atoms with Crippen molar-refractivity contribution in [2.75, 3.05) is 0 Å². The normalized spacial score (nSPS) is 19.0. The SMILES string of the molecule is Cc1ccc(CNC(=O)c2ccc(CN3C(=O)C[C@@](C)(C(C)C)N=C3N)cc2)cc1. The summed E-state index contributed by atoms with van der Waals surface area (Å²) in [5.41, 5.74) is 9.35. The van der Waals surface area contributed by atoms with E-state index in [0.29, 0.717) is 25.1 Å². The smallest absolute Gasteiger partial charge is 0.251 e. The van der Waals surface area contributed by atoms with Gasteiger partial charge in [0.15, 0.2) is 5.96 Å². The van der Waals surface area contributed by atoms with Gasteiger partial charge in [-0.2, -0.15) is 0 Å². The van der Waals surface area contributed by atoms with Crippen LogP contribution in [0.2, 0.25) is 0 Å². The number of amides is 2. The van der Waals surface area contributed by atoms with Crippen molar-refractivity contribution in [1.82, 2.24) is 10.2 Å². The van der Waals surface area contributed by atoms with Gasteiger partial charge >= 0.3 is 0 Å². The Labute approximate surface area is 178 Å². The summed E-state index contributed by atoms with van der Waals surface area (Å²) in [6.45, 7) is 8.90. The Kier molecular flexibility index (Phi) is 6.25. The standard InChI is InChI=1S/C24H30N4O2/c1-16(2)24(4)13-21(29)28(23(25)27-24)15-19-9-11-20(12-10-19)22(30)26-14-18-7-5-17(3)6-8-18/h5-12,16H,13-15H2,1-4H3,(H2,25,27)(H,26,30)/t24-/m0/s1. The maximum Gasteiger partial charge on any atom is 0.251 e. The topological polar surface area (TPSA) is 87.8 Å². The van der Waals surface area contributed by atoms with Gasteiger partial charge in [-0.25, -0.2) is 4.99 Å². The minimum atomic E-state index is -0.461. The van der Waals surface area contributed by atoms with Crippen LogP contribution in [0.15, 0.2) is 53.5 Å². The van der Waals surface area contributed by atoms with Gasteiger partial charge in [-0.15, -0.1) is 0 Å². The zero-order valence-electron chi connectivity index (χ0n) is 18.1. The average Bonchev–Trinajstić information content (AvgIpc) is 2.70. The van der Waals surface area contributed by atoms with Gasteiger partial charge in [0.25, 0.3) is 5.91 Å². The molecule has 3 N–H and O–H groups in total. The van der Waals surface area contributed by atoms with Crippen LogP contribution in [0.4, 0.5) is 0 Å². The molecule has 6 heteroatoms. The van der Waals surface area contributed by atoms with Crippen LogP contribution in [0.25, 0.3) is 0 Å². The number of benzene rings is 2. The zero-order valence-corrected chi connectivity index (χ0v) is 18.1. The first-order valence-electron chi connectivity index (χ1n) is 10.3. The lowest BCUT2D eigenvalue weighted by atomic mass is 9.84. The molecular formula is C24H30N4O2. The summed E-state index contributed by atoms with van der Waals surface area (Å²) in [5.74, 6) is 0.311. The first-order valence-corrected chi connectivity index (χ1v) is 10.3. The minimum Gasteiger partial charge on any atom is -0.369 e. The molecule has 0 unspecified atom stereocenters. The van der Waals surface area contributed by atoms with Crippen molar-refractivity contribution >= 4 is 17.8 Å². The summed E-state index contributed by atoms with van der Waals surface area (Å²) in [7, 11) is 0. The summed E-state index contributed by atoms with van der Waals surface area (Å²) >= 11 is 0. The Morgan fingerprint density at radius 1 is 1.13 bits per heavy atom. The van der Waals surface area contributed by atoms with Crippen molar-refractivity contribution < 1.29 is 9.59 Å². The number of carbonyl (C=O) groups is 2.